The number of nitriles is 2. The van der Waals surface area contributed by atoms with Crippen LogP contribution in [-0.2, 0) is 6.18 Å². The lowest BCUT2D eigenvalue weighted by atomic mass is 10.2. The number of halogens is 4. The van der Waals surface area contributed by atoms with Gasteiger partial charge in [-0.25, -0.2) is 0 Å². The van der Waals surface area contributed by atoms with E-state index < -0.39 is 17.5 Å². The Kier molecular flexibility index (Phi) is 4.29. The zero-order valence-electron chi connectivity index (χ0n) is 8.59. The molecule has 0 aromatic heterocycles. The Labute approximate surface area is 108 Å². The predicted molar refractivity (Wildman–Crippen MR) is 61.4 cm³/mol. The fourth-order valence-electron chi connectivity index (χ4n) is 0.973. The molecule has 0 aliphatic carbocycles. The van der Waals surface area contributed by atoms with E-state index in [4.69, 9.17) is 10.5 Å². The molecule has 0 fully saturated rings. The van der Waals surface area contributed by atoms with Crippen LogP contribution in [0.1, 0.15) is 5.56 Å². The summed E-state index contributed by atoms with van der Waals surface area (Å²) in [7, 11) is 0. The molecule has 0 spiro atoms. The van der Waals surface area contributed by atoms with Gasteiger partial charge in [0.2, 0.25) is 5.71 Å². The van der Waals surface area contributed by atoms with Gasteiger partial charge >= 0.3 is 6.18 Å². The van der Waals surface area contributed by atoms with Crippen LogP contribution in [0.25, 0.3) is 0 Å². The van der Waals surface area contributed by atoms with E-state index in [1.807, 2.05) is 0 Å². The highest BCUT2D eigenvalue weighted by Gasteiger charge is 2.30. The molecule has 0 saturated heterocycles. The number of hydrazone groups is 1. The molecule has 8 heteroatoms. The number of hydrogen-bond acceptors (Lipinski definition) is 4. The number of benzene rings is 1. The van der Waals surface area contributed by atoms with Gasteiger partial charge in [-0.3, -0.25) is 5.43 Å². The average Bonchev–Trinajstić information content (AvgIpc) is 2.30. The summed E-state index contributed by atoms with van der Waals surface area (Å²) in [6.45, 7) is 0. The fraction of sp³-hybridized carbons (Fsp3) is 0.100. The largest absolute Gasteiger partial charge is 0.416 e. The van der Waals surface area contributed by atoms with Crippen LogP contribution in [0.3, 0.4) is 0 Å². The van der Waals surface area contributed by atoms with Crippen molar-refractivity contribution in [2.45, 2.75) is 6.18 Å². The van der Waals surface area contributed by atoms with Crippen molar-refractivity contribution in [1.82, 2.24) is 0 Å². The van der Waals surface area contributed by atoms with Crippen LogP contribution in [0.15, 0.2) is 27.8 Å². The van der Waals surface area contributed by atoms with Gasteiger partial charge in [-0.2, -0.15) is 28.8 Å². The molecule has 0 aliphatic heterocycles. The Morgan fingerprint density at radius 1 is 1.28 bits per heavy atom. The highest BCUT2D eigenvalue weighted by atomic mass is 79.9. The van der Waals surface area contributed by atoms with Crippen LogP contribution in [0.5, 0.6) is 0 Å². The topological polar surface area (TPSA) is 72.0 Å². The summed E-state index contributed by atoms with van der Waals surface area (Å²) in [5, 5.41) is 20.3. The second-order valence-corrected chi connectivity index (χ2v) is 3.84. The molecule has 0 heterocycles. The highest BCUT2D eigenvalue weighted by molar-refractivity contribution is 9.10. The molecule has 92 valence electrons. The summed E-state index contributed by atoms with van der Waals surface area (Å²) in [5.41, 5.74) is 1.29. The Hall–Kier alpha value is -2.06. The number of anilines is 1. The van der Waals surface area contributed by atoms with Crippen molar-refractivity contribution in [2.75, 3.05) is 5.43 Å². The maximum Gasteiger partial charge on any atom is 0.416 e. The molecule has 1 aromatic carbocycles. The van der Waals surface area contributed by atoms with Gasteiger partial charge < -0.3 is 0 Å². The Balaban J connectivity index is 2.99. The summed E-state index contributed by atoms with van der Waals surface area (Å²) >= 11 is 2.94. The van der Waals surface area contributed by atoms with E-state index in [0.29, 0.717) is 0 Å². The van der Waals surface area contributed by atoms with Crippen LogP contribution >= 0.6 is 15.9 Å². The van der Waals surface area contributed by atoms with Gasteiger partial charge in [0, 0.05) is 4.47 Å². The zero-order valence-corrected chi connectivity index (χ0v) is 10.2. The van der Waals surface area contributed by atoms with Crippen LogP contribution in [0.2, 0.25) is 0 Å². The highest BCUT2D eigenvalue weighted by Crippen LogP contribution is 2.33. The molecular formula is C10H4BrF3N4. The lowest BCUT2D eigenvalue weighted by molar-refractivity contribution is -0.137. The standard InChI is InChI=1S/C10H4BrF3N4/c11-8-3-6(10(12,13)14)1-2-9(8)18-17-7(4-15)5-16/h1-3,18H. The Morgan fingerprint density at radius 2 is 1.89 bits per heavy atom. The quantitative estimate of drug-likeness (QED) is 0.672. The van der Waals surface area contributed by atoms with Crippen molar-refractivity contribution in [2.24, 2.45) is 5.10 Å². The monoisotopic (exact) mass is 316 g/mol. The van der Waals surface area contributed by atoms with Crippen molar-refractivity contribution in [1.29, 1.82) is 10.5 Å². The van der Waals surface area contributed by atoms with E-state index in [1.165, 1.54) is 12.1 Å². The predicted octanol–water partition coefficient (Wildman–Crippen LogP) is 3.28. The maximum absolute atomic E-state index is 12.4. The van der Waals surface area contributed by atoms with Gasteiger partial charge in [0.15, 0.2) is 0 Å². The second-order valence-electron chi connectivity index (χ2n) is 2.99. The van der Waals surface area contributed by atoms with Crippen molar-refractivity contribution in [3.63, 3.8) is 0 Å². The molecule has 4 nitrogen and oxygen atoms in total. The molecule has 1 rings (SSSR count). The van der Waals surface area contributed by atoms with Crippen molar-refractivity contribution in [3.05, 3.63) is 28.2 Å². The molecule has 0 amide bonds. The molecule has 18 heavy (non-hydrogen) atoms. The smallest absolute Gasteiger partial charge is 0.275 e. The van der Waals surface area contributed by atoms with Gasteiger partial charge in [-0.05, 0) is 34.1 Å². The minimum atomic E-state index is -4.44. The first-order valence-corrected chi connectivity index (χ1v) is 5.18. The van der Waals surface area contributed by atoms with Gasteiger partial charge in [0.05, 0.1) is 11.3 Å². The zero-order chi connectivity index (χ0) is 13.8. The minimum absolute atomic E-state index is 0.122. The number of alkyl halides is 3. The van der Waals surface area contributed by atoms with Gasteiger partial charge in [0.1, 0.15) is 12.1 Å². The minimum Gasteiger partial charge on any atom is -0.275 e. The van der Waals surface area contributed by atoms with Crippen LogP contribution < -0.4 is 5.43 Å². The molecule has 1 N–H and O–H groups in total. The third kappa shape index (κ3) is 3.47. The summed E-state index contributed by atoms with van der Waals surface area (Å²) < 4.78 is 37.2. The van der Waals surface area contributed by atoms with E-state index in [1.54, 1.807) is 0 Å². The molecule has 0 bridgehead atoms. The van der Waals surface area contributed by atoms with Crippen LogP contribution in [0, 0.1) is 22.7 Å². The summed E-state index contributed by atoms with van der Waals surface area (Å²) in [6, 6.07) is 5.89. The van der Waals surface area contributed by atoms with Crippen LogP contribution in [-0.4, -0.2) is 5.71 Å². The first kappa shape index (κ1) is 14.0. The van der Waals surface area contributed by atoms with E-state index in [-0.39, 0.29) is 10.2 Å². The SMILES string of the molecule is N#CC(C#N)=NNc1ccc(C(F)(F)F)cc1Br. The van der Waals surface area contributed by atoms with Gasteiger partial charge in [0.25, 0.3) is 0 Å². The normalized spacial score (nSPS) is 10.1. The summed E-state index contributed by atoms with van der Waals surface area (Å²) in [4.78, 5) is 0. The molecule has 0 aliphatic rings. The first-order chi connectivity index (χ1) is 8.38. The number of hydrogen-bond donors (Lipinski definition) is 1. The number of nitrogens with zero attached hydrogens (tertiary/aromatic N) is 3. The second kappa shape index (κ2) is 5.52. The lowest BCUT2D eigenvalue weighted by Crippen LogP contribution is -2.05. The third-order valence-electron chi connectivity index (χ3n) is 1.80. The van der Waals surface area contributed by atoms with E-state index in [2.05, 4.69) is 26.5 Å². The van der Waals surface area contributed by atoms with Crippen molar-refractivity contribution < 1.29 is 13.2 Å². The van der Waals surface area contributed by atoms with Crippen molar-refractivity contribution in [3.8, 4) is 12.1 Å². The third-order valence-corrected chi connectivity index (χ3v) is 2.45. The van der Waals surface area contributed by atoms with E-state index >= 15 is 0 Å². The first-order valence-electron chi connectivity index (χ1n) is 4.39. The Bertz CT molecular complexity index is 550. The molecule has 0 saturated carbocycles. The lowest BCUT2D eigenvalue weighted by Gasteiger charge is -2.09. The number of rotatable bonds is 2. The molecule has 1 aromatic rings. The number of nitrogens with one attached hydrogen (secondary N) is 1. The average molecular weight is 317 g/mol. The van der Waals surface area contributed by atoms with Crippen molar-refractivity contribution >= 4 is 27.3 Å². The molecule has 0 unspecified atom stereocenters. The van der Waals surface area contributed by atoms with Crippen LogP contribution in [0.4, 0.5) is 18.9 Å². The summed E-state index contributed by atoms with van der Waals surface area (Å²) in [6.07, 6.45) is -4.44. The fourth-order valence-corrected chi connectivity index (χ4v) is 1.44. The van der Waals surface area contributed by atoms with Gasteiger partial charge in [-0.15, -0.1) is 0 Å². The van der Waals surface area contributed by atoms with E-state index in [0.717, 1.165) is 18.2 Å². The molecule has 0 atom stereocenters. The van der Waals surface area contributed by atoms with Gasteiger partial charge in [-0.1, -0.05) is 0 Å². The molecule has 0 radical (unpaired) electrons. The maximum atomic E-state index is 12.4. The molecular weight excluding hydrogens is 313 g/mol. The van der Waals surface area contributed by atoms with E-state index in [9.17, 15) is 13.2 Å². The Morgan fingerprint density at radius 3 is 2.33 bits per heavy atom. The summed E-state index contributed by atoms with van der Waals surface area (Å²) in [5.74, 6) is 0.